The number of rotatable bonds is 7. The maximum Gasteiger partial charge on any atom is 0.0465 e. The van der Waals surface area contributed by atoms with Crippen molar-refractivity contribution < 1.29 is 0 Å². The second kappa shape index (κ2) is 13.1. The standard InChI is InChI=1S/C54H46N2/c1-53(2)49-21-13-11-19-45(49)47-33-31-43(35-51(47)53)55(39-15-7-5-8-16-39)41-27-23-37(24-28-41)38-25-29-42(30-26-38)56(40-17-9-6-10-18-40)44-32-34-48-46-20-12-14-22-50(46)54(3,4)52(48)36-44/h5,7-9,11-36H,6,10H2,1-4H3. The number of hydrogen-bond donors (Lipinski definition) is 0. The number of allylic oxidation sites excluding steroid dienone is 3. The van der Waals surface area contributed by atoms with Gasteiger partial charge >= 0.3 is 0 Å². The maximum atomic E-state index is 2.43. The van der Waals surface area contributed by atoms with Crippen LogP contribution in [0.4, 0.5) is 28.4 Å². The molecule has 0 heterocycles. The first-order chi connectivity index (χ1) is 27.3. The summed E-state index contributed by atoms with van der Waals surface area (Å²) >= 11 is 0. The zero-order valence-corrected chi connectivity index (χ0v) is 32.6. The van der Waals surface area contributed by atoms with E-state index in [1.165, 1.54) is 67.0 Å². The van der Waals surface area contributed by atoms with Crippen LogP contribution in [0, 0.1) is 0 Å². The molecule has 0 saturated carbocycles. The van der Waals surface area contributed by atoms with E-state index in [4.69, 9.17) is 0 Å². The highest BCUT2D eigenvalue weighted by Crippen LogP contribution is 2.52. The highest BCUT2D eigenvalue weighted by Gasteiger charge is 2.37. The minimum Gasteiger partial charge on any atom is -0.311 e. The molecule has 2 nitrogen and oxygen atoms in total. The van der Waals surface area contributed by atoms with E-state index in [0.29, 0.717) is 0 Å². The molecule has 56 heavy (non-hydrogen) atoms. The molecule has 0 amide bonds. The lowest BCUT2D eigenvalue weighted by Gasteiger charge is -2.30. The van der Waals surface area contributed by atoms with E-state index in [1.807, 2.05) is 0 Å². The number of fused-ring (bicyclic) bond motifs is 6. The van der Waals surface area contributed by atoms with Crippen LogP contribution < -0.4 is 9.80 Å². The Balaban J connectivity index is 0.979. The van der Waals surface area contributed by atoms with Crippen LogP contribution in [-0.4, -0.2) is 0 Å². The summed E-state index contributed by atoms with van der Waals surface area (Å²) in [5.41, 5.74) is 20.2. The van der Waals surface area contributed by atoms with E-state index in [-0.39, 0.29) is 10.8 Å². The summed E-state index contributed by atoms with van der Waals surface area (Å²) in [5, 5.41) is 0. The summed E-state index contributed by atoms with van der Waals surface area (Å²) in [4.78, 5) is 4.81. The van der Waals surface area contributed by atoms with Crippen molar-refractivity contribution in [3.63, 3.8) is 0 Å². The molecule has 0 radical (unpaired) electrons. The predicted octanol–water partition coefficient (Wildman–Crippen LogP) is 14.8. The van der Waals surface area contributed by atoms with Crippen LogP contribution >= 0.6 is 0 Å². The molecule has 3 aliphatic rings. The lowest BCUT2D eigenvalue weighted by Crippen LogP contribution is -2.19. The first kappa shape index (κ1) is 34.1. The average Bonchev–Trinajstić information content (AvgIpc) is 3.61. The monoisotopic (exact) mass is 722 g/mol. The van der Waals surface area contributed by atoms with Gasteiger partial charge in [-0.1, -0.05) is 143 Å². The molecule has 0 unspecified atom stereocenters. The molecule has 0 saturated heterocycles. The Morgan fingerprint density at radius 2 is 0.804 bits per heavy atom. The van der Waals surface area contributed by atoms with Gasteiger partial charge in [-0.15, -0.1) is 0 Å². The van der Waals surface area contributed by atoms with Crippen LogP contribution in [0.15, 0.2) is 188 Å². The van der Waals surface area contributed by atoms with E-state index in [1.54, 1.807) is 0 Å². The third-order valence-electron chi connectivity index (χ3n) is 12.5. The molecule has 0 bridgehead atoms. The van der Waals surface area contributed by atoms with E-state index in [0.717, 1.165) is 35.6 Å². The van der Waals surface area contributed by atoms with Crippen molar-refractivity contribution in [2.24, 2.45) is 0 Å². The van der Waals surface area contributed by atoms with E-state index >= 15 is 0 Å². The van der Waals surface area contributed by atoms with Crippen molar-refractivity contribution in [1.82, 2.24) is 0 Å². The highest BCUT2D eigenvalue weighted by atomic mass is 15.1. The molecule has 2 heteroatoms. The molecule has 0 fully saturated rings. The molecule has 7 aromatic carbocycles. The molecule has 0 atom stereocenters. The van der Waals surface area contributed by atoms with Crippen molar-refractivity contribution in [3.8, 4) is 33.4 Å². The molecule has 0 aliphatic heterocycles. The zero-order valence-electron chi connectivity index (χ0n) is 32.6. The quantitative estimate of drug-likeness (QED) is 0.162. The Kier molecular flexibility index (Phi) is 8.01. The number of hydrogen-bond acceptors (Lipinski definition) is 2. The van der Waals surface area contributed by atoms with Crippen LogP contribution in [0.5, 0.6) is 0 Å². The summed E-state index contributed by atoms with van der Waals surface area (Å²) in [6.45, 7) is 9.41. The third kappa shape index (κ3) is 5.46. The molecule has 10 rings (SSSR count). The SMILES string of the molecule is CC1(C)c2ccccc2-c2ccc(N(C3=CCCC=C3)c3ccc(-c4ccc(N(c5ccccc5)c5ccc6c(c5)C(C)(C)c5ccccc5-6)cc4)cc3)cc21. The lowest BCUT2D eigenvalue weighted by molar-refractivity contribution is 0.660. The zero-order chi connectivity index (χ0) is 38.0. The largest absolute Gasteiger partial charge is 0.311 e. The molecule has 0 aromatic heterocycles. The molecule has 272 valence electrons. The summed E-state index contributed by atoms with van der Waals surface area (Å²) in [6.07, 6.45) is 9.08. The van der Waals surface area contributed by atoms with Gasteiger partial charge in [-0.05, 0) is 135 Å². The fraction of sp³-hybridized carbons (Fsp3) is 0.148. The van der Waals surface area contributed by atoms with Gasteiger partial charge in [0.2, 0.25) is 0 Å². The van der Waals surface area contributed by atoms with Gasteiger partial charge in [0.15, 0.2) is 0 Å². The first-order valence-electron chi connectivity index (χ1n) is 20.0. The maximum absolute atomic E-state index is 2.43. The van der Waals surface area contributed by atoms with Crippen LogP contribution in [0.25, 0.3) is 33.4 Å². The van der Waals surface area contributed by atoms with Crippen LogP contribution in [0.2, 0.25) is 0 Å². The fourth-order valence-electron chi connectivity index (χ4n) is 9.51. The van der Waals surface area contributed by atoms with Gasteiger partial charge in [0, 0.05) is 45.0 Å². The first-order valence-corrected chi connectivity index (χ1v) is 20.0. The molecule has 3 aliphatic carbocycles. The van der Waals surface area contributed by atoms with Crippen molar-refractivity contribution in [1.29, 1.82) is 0 Å². The molecule has 0 spiro atoms. The minimum atomic E-state index is -0.0668. The summed E-state index contributed by atoms with van der Waals surface area (Å²) in [7, 11) is 0. The smallest absolute Gasteiger partial charge is 0.0465 e. The van der Waals surface area contributed by atoms with Crippen molar-refractivity contribution in [3.05, 3.63) is 210 Å². The van der Waals surface area contributed by atoms with Crippen LogP contribution in [0.1, 0.15) is 62.8 Å². The van der Waals surface area contributed by atoms with E-state index < -0.39 is 0 Å². The number of nitrogens with zero attached hydrogens (tertiary/aromatic N) is 2. The number of anilines is 5. The van der Waals surface area contributed by atoms with E-state index in [2.05, 4.69) is 220 Å². The molecular formula is C54H46N2. The van der Waals surface area contributed by atoms with Crippen molar-refractivity contribution in [2.45, 2.75) is 51.4 Å². The second-order valence-electron chi connectivity index (χ2n) is 16.5. The predicted molar refractivity (Wildman–Crippen MR) is 237 cm³/mol. The molecule has 7 aromatic rings. The Morgan fingerprint density at radius 1 is 0.375 bits per heavy atom. The van der Waals surface area contributed by atoms with Crippen LogP contribution in [0.3, 0.4) is 0 Å². The highest BCUT2D eigenvalue weighted by molar-refractivity contribution is 5.87. The Labute approximate surface area is 331 Å². The summed E-state index contributed by atoms with van der Waals surface area (Å²) < 4.78 is 0. The fourth-order valence-corrected chi connectivity index (χ4v) is 9.51. The minimum absolute atomic E-state index is 0.0561. The molecular weight excluding hydrogens is 677 g/mol. The summed E-state index contributed by atoms with van der Waals surface area (Å²) in [5.74, 6) is 0. The Bertz CT molecular complexity index is 2680. The van der Waals surface area contributed by atoms with Crippen molar-refractivity contribution >= 4 is 28.4 Å². The number of para-hydroxylation sites is 1. The van der Waals surface area contributed by atoms with Gasteiger partial charge in [-0.3, -0.25) is 0 Å². The second-order valence-corrected chi connectivity index (χ2v) is 16.5. The molecule has 0 N–H and O–H groups in total. The van der Waals surface area contributed by atoms with Gasteiger partial charge < -0.3 is 9.80 Å². The van der Waals surface area contributed by atoms with Gasteiger partial charge in [0.1, 0.15) is 0 Å². The van der Waals surface area contributed by atoms with E-state index in [9.17, 15) is 0 Å². The third-order valence-corrected chi connectivity index (χ3v) is 12.5. The van der Waals surface area contributed by atoms with Gasteiger partial charge in [-0.2, -0.15) is 0 Å². The lowest BCUT2D eigenvalue weighted by atomic mass is 9.82. The van der Waals surface area contributed by atoms with Crippen LogP contribution in [-0.2, 0) is 10.8 Å². The topological polar surface area (TPSA) is 6.48 Å². The van der Waals surface area contributed by atoms with Crippen molar-refractivity contribution in [2.75, 3.05) is 9.80 Å². The Morgan fingerprint density at radius 3 is 1.32 bits per heavy atom. The van der Waals surface area contributed by atoms with Gasteiger partial charge in [0.05, 0.1) is 0 Å². The number of benzene rings is 7. The van der Waals surface area contributed by atoms with Gasteiger partial charge in [-0.25, -0.2) is 0 Å². The summed E-state index contributed by atoms with van der Waals surface area (Å²) in [6, 6.07) is 60.6. The normalized spacial score (nSPS) is 15.3. The Hall–Kier alpha value is -6.38. The van der Waals surface area contributed by atoms with Gasteiger partial charge in [0.25, 0.3) is 0 Å². The average molecular weight is 723 g/mol.